The van der Waals surface area contributed by atoms with Crippen LogP contribution in [0.3, 0.4) is 0 Å². The van der Waals surface area contributed by atoms with Crippen molar-refractivity contribution < 1.29 is 4.74 Å². The molecular weight excluding hydrogens is 376 g/mol. The molecule has 0 unspecified atom stereocenters. The van der Waals surface area contributed by atoms with Crippen LogP contribution < -0.4 is 10.5 Å². The predicted molar refractivity (Wildman–Crippen MR) is 75.7 cm³/mol. The second kappa shape index (κ2) is 5.24. The van der Waals surface area contributed by atoms with Crippen LogP contribution in [0.5, 0.6) is 11.8 Å². The number of rotatable bonds is 2. The van der Waals surface area contributed by atoms with Crippen molar-refractivity contribution in [3.8, 4) is 11.8 Å². The van der Waals surface area contributed by atoms with Crippen LogP contribution in [0.25, 0.3) is 0 Å². The normalized spacial score (nSPS) is 10.3. The lowest BCUT2D eigenvalue weighted by Gasteiger charge is -2.07. The van der Waals surface area contributed by atoms with Crippen molar-refractivity contribution in [3.63, 3.8) is 0 Å². The summed E-state index contributed by atoms with van der Waals surface area (Å²) in [5, 5.41) is 0.737. The van der Waals surface area contributed by atoms with E-state index in [0.717, 1.165) is 3.57 Å². The molecule has 7 heteroatoms. The summed E-state index contributed by atoms with van der Waals surface area (Å²) in [6, 6.07) is 3.25. The van der Waals surface area contributed by atoms with E-state index < -0.39 is 0 Å². The smallest absolute Gasteiger partial charge is 0.322 e. The second-order valence-electron chi connectivity index (χ2n) is 3.09. The number of nitrogen functional groups attached to an aromatic ring is 1. The van der Waals surface area contributed by atoms with Crippen LogP contribution in [0.1, 0.15) is 0 Å². The molecule has 0 amide bonds. The van der Waals surface area contributed by atoms with Crippen LogP contribution >= 0.6 is 45.8 Å². The van der Waals surface area contributed by atoms with E-state index >= 15 is 0 Å². The molecule has 1 aromatic heterocycles. The summed E-state index contributed by atoms with van der Waals surface area (Å²) in [6.45, 7) is 0. The third kappa shape index (κ3) is 3.11. The van der Waals surface area contributed by atoms with Gasteiger partial charge in [0.25, 0.3) is 0 Å². The lowest BCUT2D eigenvalue weighted by molar-refractivity contribution is 0.443. The van der Waals surface area contributed by atoms with Gasteiger partial charge in [-0.05, 0) is 28.7 Å². The zero-order valence-corrected chi connectivity index (χ0v) is 12.0. The van der Waals surface area contributed by atoms with Crippen molar-refractivity contribution in [2.45, 2.75) is 0 Å². The molecule has 0 spiro atoms. The van der Waals surface area contributed by atoms with Crippen molar-refractivity contribution in [2.24, 2.45) is 0 Å². The van der Waals surface area contributed by atoms with E-state index in [4.69, 9.17) is 33.7 Å². The SMILES string of the molecule is Nc1cc(Cl)c(Cl)cc1Oc1ncc(I)cn1. The Morgan fingerprint density at radius 1 is 1.12 bits per heavy atom. The summed E-state index contributed by atoms with van der Waals surface area (Å²) >= 11 is 13.8. The molecule has 0 aliphatic carbocycles. The summed E-state index contributed by atoms with van der Waals surface area (Å²) in [7, 11) is 0. The fraction of sp³-hybridized carbons (Fsp3) is 0. The van der Waals surface area contributed by atoms with Gasteiger partial charge in [0.15, 0.2) is 5.75 Å². The summed E-state index contributed by atoms with van der Waals surface area (Å²) in [5.41, 5.74) is 6.12. The molecule has 0 bridgehead atoms. The van der Waals surface area contributed by atoms with E-state index in [1.807, 2.05) is 0 Å². The van der Waals surface area contributed by atoms with Gasteiger partial charge in [0, 0.05) is 22.0 Å². The van der Waals surface area contributed by atoms with Gasteiger partial charge < -0.3 is 10.5 Å². The number of hydrogen-bond acceptors (Lipinski definition) is 4. The first-order chi connectivity index (χ1) is 8.06. The maximum Gasteiger partial charge on any atom is 0.322 e. The molecule has 17 heavy (non-hydrogen) atoms. The topological polar surface area (TPSA) is 61.0 Å². The van der Waals surface area contributed by atoms with Crippen molar-refractivity contribution in [1.29, 1.82) is 0 Å². The quantitative estimate of drug-likeness (QED) is 0.635. The van der Waals surface area contributed by atoms with Crippen molar-refractivity contribution in [1.82, 2.24) is 9.97 Å². The zero-order valence-electron chi connectivity index (χ0n) is 8.32. The Morgan fingerprint density at radius 3 is 2.35 bits per heavy atom. The molecule has 88 valence electrons. The van der Waals surface area contributed by atoms with Crippen LogP contribution in [0.2, 0.25) is 10.0 Å². The van der Waals surface area contributed by atoms with Crippen LogP contribution in [0.4, 0.5) is 5.69 Å². The third-order valence-corrected chi connectivity index (χ3v) is 3.13. The maximum atomic E-state index is 5.87. The summed E-state index contributed by atoms with van der Waals surface area (Å²) in [5.74, 6) is 0.376. The van der Waals surface area contributed by atoms with E-state index in [9.17, 15) is 0 Å². The standard InChI is InChI=1S/C10H6Cl2IN3O/c11-6-1-8(14)9(2-7(6)12)17-10-15-3-5(13)4-16-10/h1-4H,14H2. The largest absolute Gasteiger partial charge is 0.422 e. The molecule has 0 saturated heterocycles. The van der Waals surface area contributed by atoms with E-state index in [-0.39, 0.29) is 6.01 Å². The average molecular weight is 382 g/mol. The molecule has 4 nitrogen and oxygen atoms in total. The van der Waals surface area contributed by atoms with Crippen LogP contribution in [-0.2, 0) is 0 Å². The van der Waals surface area contributed by atoms with Gasteiger partial charge in [0.1, 0.15) is 0 Å². The van der Waals surface area contributed by atoms with Gasteiger partial charge >= 0.3 is 6.01 Å². The Morgan fingerprint density at radius 2 is 1.71 bits per heavy atom. The molecule has 1 heterocycles. The molecule has 2 aromatic rings. The van der Waals surface area contributed by atoms with E-state index in [2.05, 4.69) is 32.6 Å². The first-order valence-electron chi connectivity index (χ1n) is 4.46. The lowest BCUT2D eigenvalue weighted by atomic mass is 10.3. The number of ether oxygens (including phenoxy) is 1. The number of aromatic nitrogens is 2. The fourth-order valence-corrected chi connectivity index (χ4v) is 1.69. The molecule has 0 fully saturated rings. The minimum absolute atomic E-state index is 0.204. The molecule has 2 rings (SSSR count). The van der Waals surface area contributed by atoms with Crippen LogP contribution in [0.15, 0.2) is 24.5 Å². The first kappa shape index (κ1) is 12.7. The number of anilines is 1. The molecule has 0 saturated carbocycles. The molecular formula is C10H6Cl2IN3O. The Labute approximate surface area is 121 Å². The Hall–Kier alpha value is -0.790. The molecule has 0 aliphatic heterocycles. The van der Waals surface area contributed by atoms with E-state index in [1.165, 1.54) is 12.1 Å². The van der Waals surface area contributed by atoms with Gasteiger partial charge in [0.2, 0.25) is 0 Å². The Balaban J connectivity index is 2.30. The van der Waals surface area contributed by atoms with Gasteiger partial charge in [-0.1, -0.05) is 23.2 Å². The minimum atomic E-state index is 0.204. The maximum absolute atomic E-state index is 5.87. The summed E-state index contributed by atoms with van der Waals surface area (Å²) in [6.07, 6.45) is 3.27. The number of hydrogen-bond donors (Lipinski definition) is 1. The van der Waals surface area contributed by atoms with Gasteiger partial charge in [0.05, 0.1) is 15.7 Å². The van der Waals surface area contributed by atoms with E-state index in [0.29, 0.717) is 21.5 Å². The van der Waals surface area contributed by atoms with Gasteiger partial charge in [-0.25, -0.2) is 9.97 Å². The Bertz CT molecular complexity index is 548. The number of nitrogens with zero attached hydrogens (tertiary/aromatic N) is 2. The minimum Gasteiger partial charge on any atom is -0.422 e. The van der Waals surface area contributed by atoms with Gasteiger partial charge in [-0.3, -0.25) is 0 Å². The van der Waals surface area contributed by atoms with Crippen molar-refractivity contribution >= 4 is 51.5 Å². The number of benzene rings is 1. The number of nitrogens with two attached hydrogens (primary N) is 1. The molecule has 0 aliphatic rings. The van der Waals surface area contributed by atoms with Gasteiger partial charge in [-0.2, -0.15) is 0 Å². The Kier molecular flexibility index (Phi) is 3.90. The monoisotopic (exact) mass is 381 g/mol. The molecule has 0 atom stereocenters. The summed E-state index contributed by atoms with van der Waals surface area (Å²) in [4.78, 5) is 7.99. The highest BCUT2D eigenvalue weighted by atomic mass is 127. The molecule has 2 N–H and O–H groups in total. The van der Waals surface area contributed by atoms with Crippen molar-refractivity contribution in [3.05, 3.63) is 38.1 Å². The number of halogens is 3. The zero-order chi connectivity index (χ0) is 12.4. The second-order valence-corrected chi connectivity index (χ2v) is 5.15. The predicted octanol–water partition coefficient (Wildman–Crippen LogP) is 3.76. The van der Waals surface area contributed by atoms with Gasteiger partial charge in [-0.15, -0.1) is 0 Å². The van der Waals surface area contributed by atoms with E-state index in [1.54, 1.807) is 12.4 Å². The average Bonchev–Trinajstić information content (AvgIpc) is 2.29. The highest BCUT2D eigenvalue weighted by molar-refractivity contribution is 14.1. The van der Waals surface area contributed by atoms with Crippen LogP contribution in [-0.4, -0.2) is 9.97 Å². The first-order valence-corrected chi connectivity index (χ1v) is 6.29. The lowest BCUT2D eigenvalue weighted by Crippen LogP contribution is -1.96. The summed E-state index contributed by atoms with van der Waals surface area (Å²) < 4.78 is 6.32. The van der Waals surface area contributed by atoms with Crippen LogP contribution in [0, 0.1) is 3.57 Å². The highest BCUT2D eigenvalue weighted by Gasteiger charge is 2.08. The van der Waals surface area contributed by atoms with Crippen molar-refractivity contribution in [2.75, 3.05) is 5.73 Å². The third-order valence-electron chi connectivity index (χ3n) is 1.85. The fourth-order valence-electron chi connectivity index (χ4n) is 1.08. The molecule has 1 aromatic carbocycles. The highest BCUT2D eigenvalue weighted by Crippen LogP contribution is 2.34. The molecule has 0 radical (unpaired) electrons.